The molecular weight excluding hydrogens is 1250 g/mol. The Morgan fingerprint density at radius 3 is 0.690 bits per heavy atom. The van der Waals surface area contributed by atoms with Crippen molar-refractivity contribution in [1.82, 2.24) is 31.1 Å². The lowest BCUT2D eigenvalue weighted by Gasteiger charge is -2.23. The monoisotopic (exact) mass is 1410 g/mol. The van der Waals surface area contributed by atoms with Gasteiger partial charge in [-0.2, -0.15) is 0 Å². The molecule has 0 aliphatic heterocycles. The number of aliphatic hydroxyl groups excluding tert-OH is 4. The predicted molar refractivity (Wildman–Crippen MR) is 418 cm³/mol. The molecule has 0 radical (unpaired) electrons. The van der Waals surface area contributed by atoms with E-state index in [4.69, 9.17) is 0 Å². The lowest BCUT2D eigenvalue weighted by atomic mass is 10.1. The third kappa shape index (κ3) is 67.8. The number of carbonyl (C=O) groups excluding carboxylic acids is 6. The molecule has 0 aliphatic carbocycles. The molecule has 0 saturated carbocycles. The van der Waals surface area contributed by atoms with Gasteiger partial charge in [0.2, 0.25) is 35.4 Å². The number of hydrogen-bond acceptors (Lipinski definition) is 10. The first kappa shape index (κ1) is 95.4. The normalized spacial score (nSPS) is 13.1. The lowest BCUT2D eigenvalue weighted by molar-refractivity contribution is -0.129. The number of rotatable bonds is 74. The highest BCUT2D eigenvalue weighted by Crippen LogP contribution is 2.16. The number of unbranched alkanes of at least 4 members (excludes halogenated alkanes) is 32. The highest BCUT2D eigenvalue weighted by Gasteiger charge is 2.17. The van der Waals surface area contributed by atoms with Crippen molar-refractivity contribution in [2.45, 2.75) is 386 Å². The van der Waals surface area contributed by atoms with Gasteiger partial charge in [-0.1, -0.05) is 256 Å². The summed E-state index contributed by atoms with van der Waals surface area (Å²) in [4.78, 5) is 83.0. The Bertz CT molecular complexity index is 1820. The van der Waals surface area contributed by atoms with Crippen molar-refractivity contribution in [2.24, 2.45) is 0 Å². The molecule has 8 N–H and O–H groups in total. The average molecular weight is 1410 g/mol. The van der Waals surface area contributed by atoms with Gasteiger partial charge in [0.1, 0.15) is 0 Å². The second-order valence-electron chi connectivity index (χ2n) is 28.5. The van der Waals surface area contributed by atoms with Crippen LogP contribution >= 0.6 is 0 Å². The van der Waals surface area contributed by atoms with E-state index in [2.05, 4.69) is 97.6 Å². The number of nitrogens with one attached hydrogen (secondary N) is 4. The van der Waals surface area contributed by atoms with E-state index in [-0.39, 0.29) is 100 Å². The summed E-state index contributed by atoms with van der Waals surface area (Å²) in [7, 11) is 0. The molecule has 0 bridgehead atoms. The average Bonchev–Trinajstić information content (AvgIpc) is 0.946. The number of hydrogen-bond donors (Lipinski definition) is 8. The van der Waals surface area contributed by atoms with E-state index in [1.807, 2.05) is 0 Å². The summed E-state index contributed by atoms with van der Waals surface area (Å²) in [6.45, 7) is 10.3. The molecule has 0 aromatic rings. The van der Waals surface area contributed by atoms with Gasteiger partial charge in [0, 0.05) is 90.2 Å². The van der Waals surface area contributed by atoms with E-state index in [1.54, 1.807) is 0 Å². The fourth-order valence-electron chi connectivity index (χ4n) is 12.2. The molecule has 0 heterocycles. The highest BCUT2D eigenvalue weighted by atomic mass is 16.3. The van der Waals surface area contributed by atoms with Crippen molar-refractivity contribution in [1.29, 1.82) is 0 Å². The highest BCUT2D eigenvalue weighted by molar-refractivity contribution is 5.97. The molecule has 0 aliphatic rings. The fraction of sp³-hybridized carbons (Fsp3) is 0.810. The van der Waals surface area contributed by atoms with Gasteiger partial charge in [0.05, 0.1) is 24.4 Å². The third-order valence-electron chi connectivity index (χ3n) is 18.8. The van der Waals surface area contributed by atoms with Gasteiger partial charge in [0.15, 0.2) is 0 Å². The molecule has 6 amide bonds. The largest absolute Gasteiger partial charge is 0.393 e. The molecule has 0 aromatic heterocycles. The second kappa shape index (κ2) is 74.1. The quantitative estimate of drug-likeness (QED) is 0.0163. The standard InChI is InChI=1S/C84H154N6O10/c1-5-9-13-41-53-75(91)57-45-33-25-17-21-29-37-49-61-79(95)85-67-71-89(72-68-86-80(96)62-50-38-30-22-18-26-34-46-58-76(92)54-42-14-10-6-2)83(99)65-66-84(100)90(73-69-87-81(97)63-51-39-31-23-19-27-35-47-59-77(93)55-43-15-11-7-3)74-70-88-82(98)64-52-40-32-24-20-28-36-48-60-78(94)56-44-16-12-8-4/h33-36,45-48,65-66,75-78,91-94H,5-32,37-44,49-64,67-74H2,1-4H3,(H,85,95)(H,86,96)(H,87,97)(H,88,98)/b45-33+,46-34+,47-35+,48-36+,66-65-. The number of nitrogens with zero attached hydrogens (tertiary/aromatic N) is 2. The smallest absolute Gasteiger partial charge is 0.246 e. The van der Waals surface area contributed by atoms with Crippen LogP contribution < -0.4 is 21.3 Å². The Kier molecular flexibility index (Phi) is 70.7. The van der Waals surface area contributed by atoms with Crippen molar-refractivity contribution in [3.05, 3.63) is 60.8 Å². The summed E-state index contributed by atoms with van der Waals surface area (Å²) in [5.74, 6) is -1.26. The van der Waals surface area contributed by atoms with E-state index < -0.39 is 11.8 Å². The summed E-state index contributed by atoms with van der Waals surface area (Å²) in [6, 6.07) is 0. The van der Waals surface area contributed by atoms with Gasteiger partial charge in [-0.05, 0) is 128 Å². The van der Waals surface area contributed by atoms with Crippen LogP contribution in [-0.4, -0.2) is 142 Å². The van der Waals surface area contributed by atoms with Crippen LogP contribution in [0, 0.1) is 0 Å². The summed E-state index contributed by atoms with van der Waals surface area (Å²) in [6.07, 6.45) is 68.5. The van der Waals surface area contributed by atoms with E-state index >= 15 is 0 Å². The molecule has 100 heavy (non-hydrogen) atoms. The molecular formula is C84H154N6O10. The van der Waals surface area contributed by atoms with Crippen molar-refractivity contribution < 1.29 is 49.2 Å². The van der Waals surface area contributed by atoms with Gasteiger partial charge < -0.3 is 51.5 Å². The van der Waals surface area contributed by atoms with Crippen LogP contribution in [0.2, 0.25) is 0 Å². The summed E-state index contributed by atoms with van der Waals surface area (Å²) in [5, 5.41) is 52.8. The van der Waals surface area contributed by atoms with E-state index in [0.29, 0.717) is 51.4 Å². The van der Waals surface area contributed by atoms with E-state index in [9.17, 15) is 49.2 Å². The minimum Gasteiger partial charge on any atom is -0.393 e. The minimum atomic E-state index is -0.445. The van der Waals surface area contributed by atoms with Crippen molar-refractivity contribution in [2.75, 3.05) is 52.4 Å². The zero-order valence-corrected chi connectivity index (χ0v) is 64.6. The van der Waals surface area contributed by atoms with Crippen LogP contribution in [0.25, 0.3) is 0 Å². The van der Waals surface area contributed by atoms with Crippen LogP contribution in [0.3, 0.4) is 0 Å². The Labute approximate surface area is 611 Å². The molecule has 16 heteroatoms. The maximum absolute atomic E-state index is 14.0. The maximum atomic E-state index is 14.0. The first-order valence-corrected chi connectivity index (χ1v) is 41.4. The molecule has 0 rings (SSSR count). The molecule has 4 unspecified atom stereocenters. The predicted octanol–water partition coefficient (Wildman–Crippen LogP) is 17.7. The van der Waals surface area contributed by atoms with Gasteiger partial charge in [-0.15, -0.1) is 0 Å². The van der Waals surface area contributed by atoms with Crippen molar-refractivity contribution in [3.8, 4) is 0 Å². The van der Waals surface area contributed by atoms with Crippen LogP contribution in [0.15, 0.2) is 60.8 Å². The SMILES string of the molecule is CCCCCCC(O)C/C=C/CCCCCCCC(=O)NCCN(CCNC(=O)CCCCCCC/C=C/CC(O)CCCCCC)C(=O)/C=C\C(=O)N(CCNC(=O)CCCCCCC/C=C/CC(O)CCCCCC)CCNC(=O)CCCCCCC/C=C/CC(O)CCCCCC. The third-order valence-corrected chi connectivity index (χ3v) is 18.8. The molecule has 0 saturated heterocycles. The first-order valence-electron chi connectivity index (χ1n) is 41.4. The zero-order valence-electron chi connectivity index (χ0n) is 64.6. The molecule has 0 spiro atoms. The molecule has 0 aromatic carbocycles. The van der Waals surface area contributed by atoms with E-state index in [0.717, 1.165) is 205 Å². The van der Waals surface area contributed by atoms with Crippen LogP contribution in [0.1, 0.15) is 362 Å². The Hall–Kier alpha value is -4.64. The lowest BCUT2D eigenvalue weighted by Crippen LogP contribution is -2.43. The summed E-state index contributed by atoms with van der Waals surface area (Å²) < 4.78 is 0. The molecule has 4 atom stereocenters. The van der Waals surface area contributed by atoms with E-state index in [1.165, 1.54) is 99.0 Å². The summed E-state index contributed by atoms with van der Waals surface area (Å²) in [5.41, 5.74) is 0. The van der Waals surface area contributed by atoms with Crippen LogP contribution in [0.4, 0.5) is 0 Å². The minimum absolute atomic E-state index is 0.0932. The zero-order chi connectivity index (χ0) is 73.3. The molecule has 580 valence electrons. The Balaban J connectivity index is 5.61. The molecule has 16 nitrogen and oxygen atoms in total. The van der Waals surface area contributed by atoms with Crippen LogP contribution in [0.5, 0.6) is 0 Å². The maximum Gasteiger partial charge on any atom is 0.246 e. The van der Waals surface area contributed by atoms with Crippen LogP contribution in [-0.2, 0) is 28.8 Å². The van der Waals surface area contributed by atoms with Gasteiger partial charge in [-0.3, -0.25) is 28.8 Å². The van der Waals surface area contributed by atoms with Gasteiger partial charge >= 0.3 is 0 Å². The first-order chi connectivity index (χ1) is 48.8. The fourth-order valence-corrected chi connectivity index (χ4v) is 12.2. The van der Waals surface area contributed by atoms with Gasteiger partial charge in [-0.25, -0.2) is 0 Å². The number of aliphatic hydroxyl groups is 4. The second-order valence-corrected chi connectivity index (χ2v) is 28.5. The van der Waals surface area contributed by atoms with Gasteiger partial charge in [0.25, 0.3) is 0 Å². The molecule has 0 fully saturated rings. The van der Waals surface area contributed by atoms with Crippen molar-refractivity contribution >= 4 is 35.4 Å². The Morgan fingerprint density at radius 1 is 0.270 bits per heavy atom. The summed E-state index contributed by atoms with van der Waals surface area (Å²) >= 11 is 0. The number of carbonyl (C=O) groups is 6. The Morgan fingerprint density at radius 2 is 0.470 bits per heavy atom. The van der Waals surface area contributed by atoms with Crippen molar-refractivity contribution in [3.63, 3.8) is 0 Å². The number of amides is 6. The topological polar surface area (TPSA) is 238 Å². The number of allylic oxidation sites excluding steroid dienone is 4.